The average molecular weight is 310 g/mol. The second-order valence-corrected chi connectivity index (χ2v) is 5.47. The third-order valence-corrected chi connectivity index (χ3v) is 3.95. The monoisotopic (exact) mass is 310 g/mol. The van der Waals surface area contributed by atoms with Crippen LogP contribution in [0.4, 0.5) is 18.9 Å². The van der Waals surface area contributed by atoms with Gasteiger partial charge < -0.3 is 4.90 Å². The summed E-state index contributed by atoms with van der Waals surface area (Å²) in [6, 6.07) is 9.05. The van der Waals surface area contributed by atoms with Crippen molar-refractivity contribution in [1.82, 2.24) is 0 Å². The van der Waals surface area contributed by atoms with E-state index in [0.29, 0.717) is 18.8 Å². The highest BCUT2D eigenvalue weighted by Gasteiger charge is 2.31. The number of alkyl halides is 3. The topological polar surface area (TPSA) is 27.0 Å². The van der Waals surface area contributed by atoms with Crippen molar-refractivity contribution in [3.63, 3.8) is 0 Å². The summed E-state index contributed by atoms with van der Waals surface area (Å²) in [6.45, 7) is 3.10. The smallest absolute Gasteiger partial charge is 0.366 e. The fourth-order valence-corrected chi connectivity index (χ4v) is 2.76. The molecule has 1 aromatic carbocycles. The van der Waals surface area contributed by atoms with Gasteiger partial charge in [-0.2, -0.15) is 18.4 Å². The Hall–Kier alpha value is -2.00. The van der Waals surface area contributed by atoms with Crippen molar-refractivity contribution < 1.29 is 13.2 Å². The molecule has 0 aliphatic rings. The molecule has 2 aromatic rings. The van der Waals surface area contributed by atoms with Crippen LogP contribution >= 0.6 is 11.3 Å². The summed E-state index contributed by atoms with van der Waals surface area (Å²) < 4.78 is 38.1. The van der Waals surface area contributed by atoms with Crippen LogP contribution in [0, 0.1) is 11.3 Å². The first-order valence-corrected chi connectivity index (χ1v) is 7.22. The zero-order chi connectivity index (χ0) is 15.5. The van der Waals surface area contributed by atoms with Gasteiger partial charge in [0.2, 0.25) is 0 Å². The third kappa shape index (κ3) is 3.56. The van der Waals surface area contributed by atoms with Crippen molar-refractivity contribution in [2.24, 2.45) is 0 Å². The van der Waals surface area contributed by atoms with Crippen LogP contribution in [0.3, 0.4) is 0 Å². The van der Waals surface area contributed by atoms with Gasteiger partial charge in [-0.3, -0.25) is 0 Å². The normalized spacial score (nSPS) is 11.2. The van der Waals surface area contributed by atoms with E-state index in [2.05, 4.69) is 0 Å². The number of rotatable bonds is 4. The first kappa shape index (κ1) is 15.4. The standard InChI is InChI=1S/C15H13F3N2S/c1-2-20(10-13-4-3-7-21-13)14-6-5-12(15(16,17)18)8-11(14)9-19/h3-8H,2,10H2,1H3. The molecule has 2 rings (SSSR count). The van der Waals surface area contributed by atoms with Gasteiger partial charge in [-0.1, -0.05) is 6.07 Å². The van der Waals surface area contributed by atoms with Crippen molar-refractivity contribution in [3.8, 4) is 6.07 Å². The number of nitrogens with zero attached hydrogens (tertiary/aromatic N) is 2. The molecule has 0 bridgehead atoms. The molecule has 1 aromatic heterocycles. The van der Waals surface area contributed by atoms with Gasteiger partial charge >= 0.3 is 6.18 Å². The predicted octanol–water partition coefficient (Wildman–Crippen LogP) is 4.67. The number of nitriles is 1. The Balaban J connectivity index is 2.35. The van der Waals surface area contributed by atoms with Gasteiger partial charge in [0.25, 0.3) is 0 Å². The van der Waals surface area contributed by atoms with Gasteiger partial charge in [0.05, 0.1) is 23.4 Å². The van der Waals surface area contributed by atoms with Crippen molar-refractivity contribution >= 4 is 17.0 Å². The Morgan fingerprint density at radius 1 is 1.29 bits per heavy atom. The molecule has 0 amide bonds. The molecule has 0 aliphatic heterocycles. The number of halogens is 3. The van der Waals surface area contributed by atoms with Crippen LogP contribution in [-0.2, 0) is 12.7 Å². The minimum Gasteiger partial charge on any atom is -0.366 e. The maximum atomic E-state index is 12.7. The van der Waals surface area contributed by atoms with E-state index in [1.54, 1.807) is 11.3 Å². The van der Waals surface area contributed by atoms with E-state index in [1.165, 1.54) is 6.07 Å². The average Bonchev–Trinajstić information content (AvgIpc) is 2.96. The first-order valence-electron chi connectivity index (χ1n) is 6.34. The lowest BCUT2D eigenvalue weighted by Gasteiger charge is -2.24. The van der Waals surface area contributed by atoms with Crippen molar-refractivity contribution in [1.29, 1.82) is 5.26 Å². The summed E-state index contributed by atoms with van der Waals surface area (Å²) in [7, 11) is 0. The fourth-order valence-electron chi connectivity index (χ4n) is 2.04. The second-order valence-electron chi connectivity index (χ2n) is 4.44. The van der Waals surface area contributed by atoms with Gasteiger partial charge in [-0.25, -0.2) is 0 Å². The molecule has 21 heavy (non-hydrogen) atoms. The Labute approximate surface area is 125 Å². The molecular weight excluding hydrogens is 297 g/mol. The van der Waals surface area contributed by atoms with E-state index in [-0.39, 0.29) is 5.56 Å². The molecule has 2 nitrogen and oxygen atoms in total. The van der Waals surface area contributed by atoms with E-state index >= 15 is 0 Å². The third-order valence-electron chi connectivity index (χ3n) is 3.09. The fraction of sp³-hybridized carbons (Fsp3) is 0.267. The highest BCUT2D eigenvalue weighted by atomic mass is 32.1. The first-order chi connectivity index (χ1) is 9.95. The lowest BCUT2D eigenvalue weighted by molar-refractivity contribution is -0.137. The maximum absolute atomic E-state index is 12.7. The van der Waals surface area contributed by atoms with Gasteiger partial charge in [0.1, 0.15) is 6.07 Å². The number of hydrogen-bond acceptors (Lipinski definition) is 3. The molecule has 1 heterocycles. The lowest BCUT2D eigenvalue weighted by Crippen LogP contribution is -2.22. The van der Waals surface area contributed by atoms with Crippen LogP contribution < -0.4 is 4.90 Å². The Bertz CT molecular complexity index is 642. The molecule has 0 spiro atoms. The summed E-state index contributed by atoms with van der Waals surface area (Å²) in [5, 5.41) is 11.1. The summed E-state index contributed by atoms with van der Waals surface area (Å²) in [6.07, 6.45) is -4.44. The highest BCUT2D eigenvalue weighted by molar-refractivity contribution is 7.09. The van der Waals surface area contributed by atoms with Crippen LogP contribution in [0.5, 0.6) is 0 Å². The van der Waals surface area contributed by atoms with Gasteiger partial charge in [-0.15, -0.1) is 11.3 Å². The van der Waals surface area contributed by atoms with Crippen LogP contribution in [0.1, 0.15) is 22.9 Å². The zero-order valence-electron chi connectivity index (χ0n) is 11.3. The van der Waals surface area contributed by atoms with Gasteiger partial charge in [-0.05, 0) is 36.6 Å². The van der Waals surface area contributed by atoms with Crippen LogP contribution in [0.2, 0.25) is 0 Å². The molecule has 0 unspecified atom stereocenters. The Kier molecular flexibility index (Phi) is 4.53. The maximum Gasteiger partial charge on any atom is 0.416 e. The largest absolute Gasteiger partial charge is 0.416 e. The molecule has 0 N–H and O–H groups in total. The van der Waals surface area contributed by atoms with Gasteiger partial charge in [0, 0.05) is 11.4 Å². The van der Waals surface area contributed by atoms with Crippen molar-refractivity contribution in [3.05, 3.63) is 51.7 Å². The van der Waals surface area contributed by atoms with E-state index in [0.717, 1.165) is 17.0 Å². The van der Waals surface area contributed by atoms with Crippen LogP contribution in [0.25, 0.3) is 0 Å². The van der Waals surface area contributed by atoms with Gasteiger partial charge in [0.15, 0.2) is 0 Å². The summed E-state index contributed by atoms with van der Waals surface area (Å²) >= 11 is 1.58. The SMILES string of the molecule is CCN(Cc1cccs1)c1ccc(C(F)(F)F)cc1C#N. The molecule has 0 radical (unpaired) electrons. The molecule has 0 aliphatic carbocycles. The number of thiophene rings is 1. The number of anilines is 1. The quantitative estimate of drug-likeness (QED) is 0.821. The van der Waals surface area contributed by atoms with E-state index < -0.39 is 11.7 Å². The van der Waals surface area contributed by atoms with Crippen molar-refractivity contribution in [2.75, 3.05) is 11.4 Å². The Morgan fingerprint density at radius 2 is 2.05 bits per heavy atom. The minimum absolute atomic E-state index is 0.0447. The number of benzene rings is 1. The summed E-state index contributed by atoms with van der Waals surface area (Å²) in [5.41, 5.74) is -0.223. The molecule has 0 atom stereocenters. The predicted molar refractivity (Wildman–Crippen MR) is 77.2 cm³/mol. The van der Waals surface area contributed by atoms with Crippen LogP contribution in [-0.4, -0.2) is 6.54 Å². The highest BCUT2D eigenvalue weighted by Crippen LogP contribution is 2.33. The van der Waals surface area contributed by atoms with E-state index in [1.807, 2.05) is 35.4 Å². The second kappa shape index (κ2) is 6.19. The molecular formula is C15H13F3N2S. The molecule has 0 saturated carbocycles. The van der Waals surface area contributed by atoms with E-state index in [9.17, 15) is 13.2 Å². The number of hydrogen-bond donors (Lipinski definition) is 0. The molecule has 0 saturated heterocycles. The minimum atomic E-state index is -4.44. The van der Waals surface area contributed by atoms with E-state index in [4.69, 9.17) is 5.26 Å². The Morgan fingerprint density at radius 3 is 2.57 bits per heavy atom. The molecule has 6 heteroatoms. The van der Waals surface area contributed by atoms with Crippen LogP contribution in [0.15, 0.2) is 35.7 Å². The zero-order valence-corrected chi connectivity index (χ0v) is 12.1. The summed E-state index contributed by atoms with van der Waals surface area (Å²) in [5.74, 6) is 0. The van der Waals surface area contributed by atoms with Crippen molar-refractivity contribution in [2.45, 2.75) is 19.6 Å². The summed E-state index contributed by atoms with van der Waals surface area (Å²) in [4.78, 5) is 2.99. The lowest BCUT2D eigenvalue weighted by atomic mass is 10.1. The molecule has 0 fully saturated rings. The molecule has 110 valence electrons.